The van der Waals surface area contributed by atoms with E-state index in [9.17, 15) is 9.18 Å². The molecule has 2 aromatic rings. The van der Waals surface area contributed by atoms with Gasteiger partial charge in [0.05, 0.1) is 19.5 Å². The summed E-state index contributed by atoms with van der Waals surface area (Å²) < 4.78 is 36.3. The van der Waals surface area contributed by atoms with Crippen molar-refractivity contribution in [3.63, 3.8) is 0 Å². The van der Waals surface area contributed by atoms with Crippen LogP contribution in [-0.2, 0) is 30.3 Å². The van der Waals surface area contributed by atoms with E-state index < -0.39 is 17.6 Å². The minimum atomic E-state index is -1.19. The fourth-order valence-corrected chi connectivity index (χ4v) is 2.67. The van der Waals surface area contributed by atoms with Gasteiger partial charge in [-0.2, -0.15) is 14.4 Å². The summed E-state index contributed by atoms with van der Waals surface area (Å²) >= 11 is 0. The Bertz CT molecular complexity index is 900. The Balaban J connectivity index is 1.84. The molecular weight excluding hydrogens is 409 g/mol. The maximum absolute atomic E-state index is 13.5. The first kappa shape index (κ1) is 24.5. The van der Waals surface area contributed by atoms with Crippen LogP contribution in [0, 0.1) is 18.4 Å². The van der Waals surface area contributed by atoms with E-state index in [0.29, 0.717) is 19.8 Å². The van der Waals surface area contributed by atoms with Crippen molar-refractivity contribution in [1.29, 1.82) is 0 Å². The lowest BCUT2D eigenvalue weighted by atomic mass is 10.0. The number of hydrogen-bond acceptors (Lipinski definition) is 9. The SMILES string of the molecule is C#CC(CCn1cnc2c(N)nc(F)nc21)(COC(=O)COCCOCCCC)OC. The van der Waals surface area contributed by atoms with E-state index in [1.165, 1.54) is 13.4 Å². The van der Waals surface area contributed by atoms with Crippen LogP contribution in [0.5, 0.6) is 0 Å². The number of nitrogens with two attached hydrogens (primary N) is 1. The summed E-state index contributed by atoms with van der Waals surface area (Å²) in [6, 6.07) is 0. The van der Waals surface area contributed by atoms with E-state index in [1.54, 1.807) is 4.57 Å². The Morgan fingerprint density at radius 1 is 1.32 bits per heavy atom. The summed E-state index contributed by atoms with van der Waals surface area (Å²) in [5, 5.41) is 0. The maximum atomic E-state index is 13.5. The van der Waals surface area contributed by atoms with Crippen LogP contribution in [0.4, 0.5) is 10.2 Å². The highest BCUT2D eigenvalue weighted by molar-refractivity contribution is 5.81. The van der Waals surface area contributed by atoms with Crippen molar-refractivity contribution in [3.8, 4) is 12.3 Å². The minimum Gasteiger partial charge on any atom is -0.460 e. The number of halogens is 1. The molecule has 2 N–H and O–H groups in total. The fraction of sp³-hybridized carbons (Fsp3) is 0.600. The molecule has 0 aromatic carbocycles. The number of imidazole rings is 1. The molecule has 0 aliphatic rings. The summed E-state index contributed by atoms with van der Waals surface area (Å²) in [5.74, 6) is 1.90. The van der Waals surface area contributed by atoms with Crippen LogP contribution in [0.25, 0.3) is 11.2 Å². The predicted octanol–water partition coefficient (Wildman–Crippen LogP) is 1.33. The molecular formula is C20H28FN5O5. The topological polar surface area (TPSA) is 124 Å². The molecule has 10 nitrogen and oxygen atoms in total. The molecule has 2 rings (SSSR count). The largest absolute Gasteiger partial charge is 0.460 e. The third kappa shape index (κ3) is 7.13. The number of carbonyl (C=O) groups excluding carboxylic acids is 1. The van der Waals surface area contributed by atoms with Gasteiger partial charge in [-0.1, -0.05) is 19.3 Å². The Labute approximate surface area is 180 Å². The average Bonchev–Trinajstić information content (AvgIpc) is 3.17. The monoisotopic (exact) mass is 437 g/mol. The van der Waals surface area contributed by atoms with Crippen molar-refractivity contribution >= 4 is 23.0 Å². The van der Waals surface area contributed by atoms with E-state index in [4.69, 9.17) is 31.1 Å². The van der Waals surface area contributed by atoms with E-state index in [-0.39, 0.29) is 43.2 Å². The number of unbranched alkanes of at least 4 members (excludes halogenated alkanes) is 1. The van der Waals surface area contributed by atoms with Gasteiger partial charge in [-0.15, -0.1) is 6.42 Å². The second-order valence-electron chi connectivity index (χ2n) is 6.76. The van der Waals surface area contributed by atoms with Crippen LogP contribution in [0.2, 0.25) is 0 Å². The highest BCUT2D eigenvalue weighted by atomic mass is 19.1. The highest BCUT2D eigenvalue weighted by Gasteiger charge is 2.30. The third-order valence-corrected chi connectivity index (χ3v) is 4.57. The lowest BCUT2D eigenvalue weighted by molar-refractivity contribution is -0.156. The number of terminal acetylenes is 1. The van der Waals surface area contributed by atoms with Crippen molar-refractivity contribution in [2.75, 3.05) is 45.9 Å². The zero-order chi connectivity index (χ0) is 22.7. The van der Waals surface area contributed by atoms with Crippen molar-refractivity contribution in [2.24, 2.45) is 0 Å². The summed E-state index contributed by atoms with van der Waals surface area (Å²) in [6.45, 7) is 3.32. The van der Waals surface area contributed by atoms with Gasteiger partial charge in [-0.05, 0) is 6.42 Å². The van der Waals surface area contributed by atoms with Gasteiger partial charge in [0.2, 0.25) is 0 Å². The lowest BCUT2D eigenvalue weighted by Crippen LogP contribution is -2.38. The number of rotatable bonds is 14. The molecule has 0 spiro atoms. The van der Waals surface area contributed by atoms with Crippen LogP contribution in [-0.4, -0.2) is 71.2 Å². The van der Waals surface area contributed by atoms with Gasteiger partial charge >= 0.3 is 12.0 Å². The van der Waals surface area contributed by atoms with Gasteiger partial charge < -0.3 is 29.2 Å². The summed E-state index contributed by atoms with van der Waals surface area (Å²) in [7, 11) is 1.42. The van der Waals surface area contributed by atoms with Crippen molar-refractivity contribution in [2.45, 2.75) is 38.3 Å². The maximum Gasteiger partial charge on any atom is 0.332 e. The first-order valence-corrected chi connectivity index (χ1v) is 9.92. The number of nitrogen functional groups attached to an aromatic ring is 1. The number of methoxy groups -OCH3 is 1. The van der Waals surface area contributed by atoms with E-state index in [2.05, 4.69) is 27.8 Å². The number of nitrogens with zero attached hydrogens (tertiary/aromatic N) is 4. The predicted molar refractivity (Wildman–Crippen MR) is 110 cm³/mol. The summed E-state index contributed by atoms with van der Waals surface area (Å²) in [5.41, 5.74) is 5.00. The van der Waals surface area contributed by atoms with Crippen molar-refractivity contribution in [1.82, 2.24) is 19.5 Å². The number of aryl methyl sites for hydroxylation is 1. The van der Waals surface area contributed by atoms with E-state index in [0.717, 1.165) is 12.8 Å². The van der Waals surface area contributed by atoms with Crippen molar-refractivity contribution < 1.29 is 28.1 Å². The second kappa shape index (κ2) is 12.1. The first-order chi connectivity index (χ1) is 14.9. The Kier molecular flexibility index (Phi) is 9.58. The zero-order valence-corrected chi connectivity index (χ0v) is 17.8. The molecule has 2 heterocycles. The number of fused-ring (bicyclic) bond motifs is 1. The van der Waals surface area contributed by atoms with Crippen LogP contribution < -0.4 is 5.73 Å². The normalized spacial score (nSPS) is 13.1. The lowest BCUT2D eigenvalue weighted by Gasteiger charge is -2.26. The van der Waals surface area contributed by atoms with Crippen LogP contribution in [0.15, 0.2) is 6.33 Å². The molecule has 0 amide bonds. The number of hydrogen-bond donors (Lipinski definition) is 1. The smallest absolute Gasteiger partial charge is 0.332 e. The molecule has 1 unspecified atom stereocenters. The molecule has 170 valence electrons. The van der Waals surface area contributed by atoms with Gasteiger partial charge in [0.1, 0.15) is 18.7 Å². The van der Waals surface area contributed by atoms with Gasteiger partial charge in [0, 0.05) is 26.7 Å². The molecule has 11 heteroatoms. The third-order valence-electron chi connectivity index (χ3n) is 4.57. The molecule has 2 aromatic heterocycles. The Morgan fingerprint density at radius 2 is 2.10 bits per heavy atom. The molecule has 0 fully saturated rings. The van der Waals surface area contributed by atoms with Gasteiger partial charge in [0.25, 0.3) is 0 Å². The molecule has 0 saturated carbocycles. The number of carbonyl (C=O) groups is 1. The standard InChI is InChI=1S/C20H28FN5O5/c1-4-6-9-29-10-11-30-12-15(27)31-13-20(5-2,28-3)7-8-26-14-23-16-17(22)24-19(21)25-18(16)26/h2,14H,4,6-13H2,1,3H3,(H2,22,24,25). The van der Waals surface area contributed by atoms with Crippen molar-refractivity contribution in [3.05, 3.63) is 12.4 Å². The molecule has 0 radical (unpaired) electrons. The van der Waals surface area contributed by atoms with Gasteiger partial charge in [-0.25, -0.2) is 9.78 Å². The molecule has 31 heavy (non-hydrogen) atoms. The second-order valence-corrected chi connectivity index (χ2v) is 6.76. The molecule has 1 atom stereocenters. The van der Waals surface area contributed by atoms with Gasteiger partial charge in [0.15, 0.2) is 17.1 Å². The fourth-order valence-electron chi connectivity index (χ4n) is 2.67. The van der Waals surface area contributed by atoms with E-state index >= 15 is 0 Å². The minimum absolute atomic E-state index is 0.0547. The Hall–Kier alpha value is -2.81. The number of aromatic nitrogens is 4. The van der Waals surface area contributed by atoms with Gasteiger partial charge in [-0.3, -0.25) is 0 Å². The quantitative estimate of drug-likeness (QED) is 0.202. The average molecular weight is 437 g/mol. The van der Waals surface area contributed by atoms with Crippen LogP contribution >= 0.6 is 0 Å². The van der Waals surface area contributed by atoms with Crippen LogP contribution in [0.1, 0.15) is 26.2 Å². The number of esters is 1. The zero-order valence-electron chi connectivity index (χ0n) is 17.8. The summed E-state index contributed by atoms with van der Waals surface area (Å²) in [6.07, 6.45) is 8.43. The van der Waals surface area contributed by atoms with E-state index in [1.807, 2.05) is 0 Å². The first-order valence-electron chi connectivity index (χ1n) is 9.92. The number of anilines is 1. The number of ether oxygens (including phenoxy) is 4. The summed E-state index contributed by atoms with van der Waals surface area (Å²) in [4.78, 5) is 23.2. The molecule has 0 bridgehead atoms. The molecule has 0 aliphatic carbocycles. The highest BCUT2D eigenvalue weighted by Crippen LogP contribution is 2.20. The molecule has 0 saturated heterocycles. The van der Waals surface area contributed by atoms with Crippen LogP contribution in [0.3, 0.4) is 0 Å². The molecule has 0 aliphatic heterocycles. The Morgan fingerprint density at radius 3 is 2.81 bits per heavy atom.